The Morgan fingerprint density at radius 1 is 0.867 bits per heavy atom. The summed E-state index contributed by atoms with van der Waals surface area (Å²) in [5.41, 5.74) is 6.61. The summed E-state index contributed by atoms with van der Waals surface area (Å²) in [4.78, 5) is 12.5. The lowest BCUT2D eigenvalue weighted by molar-refractivity contribution is 0.0955. The Morgan fingerprint density at radius 3 is 2.50 bits per heavy atom. The molecule has 5 rings (SSSR count). The largest absolute Gasteiger partial charge is 0.341 e. The van der Waals surface area contributed by atoms with Crippen LogP contribution in [0.2, 0.25) is 0 Å². The number of hydrazone groups is 1. The van der Waals surface area contributed by atoms with Gasteiger partial charge in [-0.15, -0.1) is 0 Å². The summed E-state index contributed by atoms with van der Waals surface area (Å²) in [5, 5.41) is 8.74. The van der Waals surface area contributed by atoms with Gasteiger partial charge in [-0.25, -0.2) is 5.43 Å². The second-order valence-corrected chi connectivity index (χ2v) is 7.30. The van der Waals surface area contributed by atoms with Crippen LogP contribution in [0.3, 0.4) is 0 Å². The van der Waals surface area contributed by atoms with Gasteiger partial charge in [0.1, 0.15) is 0 Å². The maximum atomic E-state index is 12.5. The minimum atomic E-state index is -0.222. The highest BCUT2D eigenvalue weighted by molar-refractivity contribution is 6.09. The molecule has 0 saturated carbocycles. The van der Waals surface area contributed by atoms with Crippen LogP contribution < -0.4 is 5.43 Å². The fourth-order valence-electron chi connectivity index (χ4n) is 4.05. The first kappa shape index (κ1) is 18.1. The van der Waals surface area contributed by atoms with E-state index in [1.807, 2.05) is 48.5 Å². The first-order valence-electron chi connectivity index (χ1n) is 10.1. The minimum Gasteiger partial charge on any atom is -0.341 e. The number of aryl methyl sites for hydroxylation is 1. The van der Waals surface area contributed by atoms with E-state index in [9.17, 15) is 4.79 Å². The molecule has 0 aliphatic heterocycles. The molecule has 146 valence electrons. The Labute approximate surface area is 174 Å². The predicted molar refractivity (Wildman–Crippen MR) is 124 cm³/mol. The van der Waals surface area contributed by atoms with Crippen molar-refractivity contribution < 1.29 is 4.79 Å². The highest BCUT2D eigenvalue weighted by Gasteiger charge is 2.09. The number of amides is 1. The predicted octanol–water partition coefficient (Wildman–Crippen LogP) is 5.73. The molecule has 0 aliphatic carbocycles. The molecule has 1 N–H and O–H groups in total. The molecule has 4 aromatic carbocycles. The Hall–Kier alpha value is -3.92. The summed E-state index contributed by atoms with van der Waals surface area (Å²) >= 11 is 0. The summed E-state index contributed by atoms with van der Waals surface area (Å²) in [7, 11) is 0. The van der Waals surface area contributed by atoms with Gasteiger partial charge in [-0.3, -0.25) is 4.79 Å². The van der Waals surface area contributed by atoms with Gasteiger partial charge in [0.25, 0.3) is 5.91 Å². The molecule has 4 heteroatoms. The number of hydrogen-bond acceptors (Lipinski definition) is 2. The molecule has 0 spiro atoms. The van der Waals surface area contributed by atoms with E-state index in [0.29, 0.717) is 5.56 Å². The monoisotopic (exact) mass is 391 g/mol. The van der Waals surface area contributed by atoms with E-state index < -0.39 is 0 Å². The van der Waals surface area contributed by atoms with Crippen molar-refractivity contribution in [3.05, 3.63) is 96.1 Å². The van der Waals surface area contributed by atoms with Crippen molar-refractivity contribution in [1.82, 2.24) is 9.99 Å². The molecule has 0 bridgehead atoms. The average molecular weight is 391 g/mol. The lowest BCUT2D eigenvalue weighted by Gasteiger charge is -2.03. The number of nitrogens with zero attached hydrogens (tertiary/aromatic N) is 2. The van der Waals surface area contributed by atoms with E-state index in [1.165, 1.54) is 21.8 Å². The summed E-state index contributed by atoms with van der Waals surface area (Å²) in [5.74, 6) is -0.222. The normalized spacial score (nSPS) is 11.6. The topological polar surface area (TPSA) is 46.4 Å². The first-order valence-corrected chi connectivity index (χ1v) is 10.1. The molecule has 0 saturated heterocycles. The maximum Gasteiger partial charge on any atom is 0.271 e. The van der Waals surface area contributed by atoms with Crippen LogP contribution in [0.25, 0.3) is 32.6 Å². The molecule has 5 aromatic rings. The van der Waals surface area contributed by atoms with Crippen LogP contribution in [0.1, 0.15) is 22.8 Å². The quantitative estimate of drug-likeness (QED) is 0.309. The van der Waals surface area contributed by atoms with Crippen LogP contribution in [0.15, 0.2) is 90.0 Å². The number of para-hydroxylation sites is 1. The number of carbonyl (C=O) groups is 1. The van der Waals surface area contributed by atoms with Gasteiger partial charge in [0.15, 0.2) is 0 Å². The molecule has 0 radical (unpaired) electrons. The van der Waals surface area contributed by atoms with Gasteiger partial charge in [-0.2, -0.15) is 5.10 Å². The lowest BCUT2D eigenvalue weighted by atomic mass is 10.1. The first-order chi connectivity index (χ1) is 14.7. The number of fused-ring (bicyclic) bond motifs is 4. The molecule has 1 heterocycles. The number of aromatic nitrogens is 1. The number of benzene rings is 4. The minimum absolute atomic E-state index is 0.222. The van der Waals surface area contributed by atoms with Crippen LogP contribution >= 0.6 is 0 Å². The Balaban J connectivity index is 1.40. The number of rotatable bonds is 4. The van der Waals surface area contributed by atoms with E-state index in [1.54, 1.807) is 6.21 Å². The summed E-state index contributed by atoms with van der Waals surface area (Å²) in [6.07, 6.45) is 1.69. The van der Waals surface area contributed by atoms with Crippen molar-refractivity contribution in [2.24, 2.45) is 5.10 Å². The smallest absolute Gasteiger partial charge is 0.271 e. The van der Waals surface area contributed by atoms with Crippen LogP contribution in [-0.2, 0) is 6.54 Å². The fraction of sp³-hybridized carbons (Fsp3) is 0.0769. The zero-order valence-corrected chi connectivity index (χ0v) is 16.7. The van der Waals surface area contributed by atoms with Gasteiger partial charge >= 0.3 is 0 Å². The third-order valence-corrected chi connectivity index (χ3v) is 5.50. The van der Waals surface area contributed by atoms with Crippen molar-refractivity contribution >= 4 is 44.7 Å². The molecular weight excluding hydrogens is 370 g/mol. The lowest BCUT2D eigenvalue weighted by Crippen LogP contribution is -2.17. The van der Waals surface area contributed by atoms with Crippen LogP contribution in [-0.4, -0.2) is 16.7 Å². The summed E-state index contributed by atoms with van der Waals surface area (Å²) in [6, 6.07) is 28.3. The molecule has 0 atom stereocenters. The summed E-state index contributed by atoms with van der Waals surface area (Å²) in [6.45, 7) is 3.07. The SMILES string of the molecule is CCn1c2ccccc2c2cc(/C=N/NC(=O)c3ccc4ccccc4c3)ccc21. The van der Waals surface area contributed by atoms with E-state index in [4.69, 9.17) is 0 Å². The van der Waals surface area contributed by atoms with Crippen molar-refractivity contribution in [2.45, 2.75) is 13.5 Å². The molecule has 1 amide bonds. The van der Waals surface area contributed by atoms with Crippen LogP contribution in [0, 0.1) is 0 Å². The van der Waals surface area contributed by atoms with E-state index >= 15 is 0 Å². The molecule has 0 fully saturated rings. The fourth-order valence-corrected chi connectivity index (χ4v) is 4.05. The van der Waals surface area contributed by atoms with Crippen molar-refractivity contribution in [2.75, 3.05) is 0 Å². The Kier molecular flexibility index (Phi) is 4.52. The number of nitrogens with one attached hydrogen (secondary N) is 1. The molecule has 30 heavy (non-hydrogen) atoms. The third kappa shape index (κ3) is 3.12. The molecule has 1 aromatic heterocycles. The second kappa shape index (κ2) is 7.48. The third-order valence-electron chi connectivity index (χ3n) is 5.50. The van der Waals surface area contributed by atoms with E-state index in [2.05, 4.69) is 58.4 Å². The van der Waals surface area contributed by atoms with Crippen molar-refractivity contribution in [3.8, 4) is 0 Å². The van der Waals surface area contributed by atoms with Crippen molar-refractivity contribution in [3.63, 3.8) is 0 Å². The highest BCUT2D eigenvalue weighted by Crippen LogP contribution is 2.29. The number of hydrogen-bond donors (Lipinski definition) is 1. The molecule has 4 nitrogen and oxygen atoms in total. The molecule has 0 unspecified atom stereocenters. The van der Waals surface area contributed by atoms with Gasteiger partial charge in [0.2, 0.25) is 0 Å². The van der Waals surface area contributed by atoms with E-state index in [-0.39, 0.29) is 5.91 Å². The van der Waals surface area contributed by atoms with Gasteiger partial charge in [0.05, 0.1) is 6.21 Å². The number of carbonyl (C=O) groups excluding carboxylic acids is 1. The zero-order valence-electron chi connectivity index (χ0n) is 16.7. The van der Waals surface area contributed by atoms with Gasteiger partial charge in [-0.1, -0.05) is 54.6 Å². The molecule has 0 aliphatic rings. The second-order valence-electron chi connectivity index (χ2n) is 7.30. The average Bonchev–Trinajstić information content (AvgIpc) is 3.11. The van der Waals surface area contributed by atoms with Crippen LogP contribution in [0.4, 0.5) is 0 Å². The maximum absolute atomic E-state index is 12.5. The Bertz CT molecular complexity index is 1430. The van der Waals surface area contributed by atoms with Gasteiger partial charge < -0.3 is 4.57 Å². The van der Waals surface area contributed by atoms with Gasteiger partial charge in [-0.05, 0) is 53.6 Å². The van der Waals surface area contributed by atoms with Crippen LogP contribution in [0.5, 0.6) is 0 Å². The zero-order chi connectivity index (χ0) is 20.5. The highest BCUT2D eigenvalue weighted by atomic mass is 16.2. The van der Waals surface area contributed by atoms with E-state index in [0.717, 1.165) is 22.9 Å². The standard InChI is InChI=1S/C26H21N3O/c1-2-29-24-10-6-5-9-22(24)23-15-18(11-14-25(23)29)17-27-28-26(30)21-13-12-19-7-3-4-8-20(19)16-21/h3-17H,2H2,1H3,(H,28,30)/b27-17+. The van der Waals surface area contributed by atoms with Gasteiger partial charge in [0, 0.05) is 33.9 Å². The summed E-state index contributed by atoms with van der Waals surface area (Å²) < 4.78 is 2.31. The Morgan fingerprint density at radius 2 is 1.63 bits per heavy atom. The van der Waals surface area contributed by atoms with Crippen molar-refractivity contribution in [1.29, 1.82) is 0 Å². The molecular formula is C26H21N3O.